The third-order valence-electron chi connectivity index (χ3n) is 3.99. The van der Waals surface area contributed by atoms with Gasteiger partial charge < -0.3 is 0 Å². The topological polar surface area (TPSA) is 80.7 Å². The fraction of sp³-hybridized carbons (Fsp3) is 0.133. The van der Waals surface area contributed by atoms with Crippen molar-refractivity contribution < 1.29 is 9.42 Å². The van der Waals surface area contributed by atoms with Gasteiger partial charge in [0.2, 0.25) is 5.78 Å². The van der Waals surface area contributed by atoms with Crippen LogP contribution in [-0.2, 0) is 6.42 Å². The van der Waals surface area contributed by atoms with Crippen molar-refractivity contribution in [2.24, 2.45) is 9.98 Å². The molecule has 21 heavy (non-hydrogen) atoms. The van der Waals surface area contributed by atoms with Crippen LogP contribution in [-0.4, -0.2) is 27.5 Å². The molecule has 100 valence electrons. The first-order chi connectivity index (χ1) is 10.3. The highest BCUT2D eigenvalue weighted by Gasteiger charge is 2.39. The normalized spacial score (nSPS) is 21.6. The van der Waals surface area contributed by atoms with Gasteiger partial charge in [0.15, 0.2) is 0 Å². The average Bonchev–Trinajstić information content (AvgIpc) is 3.10. The van der Waals surface area contributed by atoms with Crippen LogP contribution in [0.5, 0.6) is 0 Å². The van der Waals surface area contributed by atoms with Crippen molar-refractivity contribution in [2.45, 2.75) is 12.5 Å². The van der Waals surface area contributed by atoms with Crippen molar-refractivity contribution in [3.63, 3.8) is 0 Å². The second-order valence-electron chi connectivity index (χ2n) is 5.14. The van der Waals surface area contributed by atoms with Gasteiger partial charge in [0.05, 0.1) is 5.70 Å². The third kappa shape index (κ3) is 1.29. The van der Waals surface area contributed by atoms with Gasteiger partial charge in [0, 0.05) is 17.5 Å². The van der Waals surface area contributed by atoms with Crippen LogP contribution in [0, 0.1) is 0 Å². The van der Waals surface area contributed by atoms with Crippen LogP contribution in [0.3, 0.4) is 0 Å². The summed E-state index contributed by atoms with van der Waals surface area (Å²) < 4.78 is 4.78. The number of Topliss-reactive ketones (excluding diaryl/α,β-unsaturated/α-hetero) is 1. The Labute approximate surface area is 118 Å². The van der Waals surface area contributed by atoms with Crippen molar-refractivity contribution in [3.8, 4) is 0 Å². The molecule has 1 unspecified atom stereocenters. The molecule has 0 saturated heterocycles. The van der Waals surface area contributed by atoms with Crippen molar-refractivity contribution in [2.75, 3.05) is 0 Å². The molecule has 6 nitrogen and oxygen atoms in total. The van der Waals surface area contributed by atoms with Gasteiger partial charge in [0.25, 0.3) is 0 Å². The fourth-order valence-electron chi connectivity index (χ4n) is 2.99. The maximum Gasteiger partial charge on any atom is 0.213 e. The lowest BCUT2D eigenvalue weighted by Crippen LogP contribution is -2.24. The molecule has 3 aliphatic rings. The number of aromatic nitrogens is 2. The summed E-state index contributed by atoms with van der Waals surface area (Å²) in [5.74, 6) is -0.0769. The van der Waals surface area contributed by atoms with Crippen molar-refractivity contribution >= 4 is 17.2 Å². The van der Waals surface area contributed by atoms with Gasteiger partial charge in [-0.25, -0.2) is 9.62 Å². The second-order valence-corrected chi connectivity index (χ2v) is 5.14. The van der Waals surface area contributed by atoms with Crippen LogP contribution in [0.25, 0.3) is 0 Å². The fourth-order valence-corrected chi connectivity index (χ4v) is 2.99. The van der Waals surface area contributed by atoms with Crippen LogP contribution >= 0.6 is 0 Å². The highest BCUT2D eigenvalue weighted by atomic mass is 16.6. The van der Waals surface area contributed by atoms with Crippen LogP contribution in [0.15, 0.2) is 50.7 Å². The van der Waals surface area contributed by atoms with Gasteiger partial charge in [-0.1, -0.05) is 40.7 Å². The highest BCUT2D eigenvalue weighted by molar-refractivity contribution is 6.78. The number of fused-ring (bicyclic) bond motifs is 6. The van der Waals surface area contributed by atoms with Gasteiger partial charge in [-0.15, -0.1) is 0 Å². The molecule has 1 aromatic heterocycles. The summed E-state index contributed by atoms with van der Waals surface area (Å²) in [6, 6.07) is 7.08. The van der Waals surface area contributed by atoms with E-state index in [1.807, 2.05) is 30.3 Å². The van der Waals surface area contributed by atoms with Crippen molar-refractivity contribution in [1.29, 1.82) is 0 Å². The Kier molecular flexibility index (Phi) is 1.86. The van der Waals surface area contributed by atoms with E-state index in [4.69, 9.17) is 4.63 Å². The largest absolute Gasteiger partial charge is 0.287 e. The molecule has 1 atom stereocenters. The van der Waals surface area contributed by atoms with Crippen LogP contribution < -0.4 is 0 Å². The molecule has 5 rings (SSSR count). The molecule has 0 amide bonds. The van der Waals surface area contributed by atoms with E-state index in [0.29, 0.717) is 29.1 Å². The number of carbonyl (C=O) groups is 1. The predicted molar refractivity (Wildman–Crippen MR) is 73.6 cm³/mol. The summed E-state index contributed by atoms with van der Waals surface area (Å²) in [5, 5.41) is 7.77. The number of ketones is 1. The number of hydrogen-bond donors (Lipinski definition) is 0. The number of allylic oxidation sites excluding steroid dienone is 1. The number of carbonyl (C=O) groups excluding carboxylic acids is 1. The Morgan fingerprint density at radius 2 is 1.95 bits per heavy atom. The number of benzene rings is 1. The Balaban J connectivity index is 1.75. The maximum atomic E-state index is 12.5. The van der Waals surface area contributed by atoms with E-state index in [1.165, 1.54) is 0 Å². The molecule has 0 radical (unpaired) electrons. The number of aliphatic imine (C=N–C) groups is 2. The van der Waals surface area contributed by atoms with Crippen LogP contribution in [0.4, 0.5) is 0 Å². The Bertz CT molecular complexity index is 904. The highest BCUT2D eigenvalue weighted by Crippen LogP contribution is 2.37. The zero-order chi connectivity index (χ0) is 14.0. The molecule has 0 saturated carbocycles. The van der Waals surface area contributed by atoms with E-state index in [2.05, 4.69) is 20.3 Å². The summed E-state index contributed by atoms with van der Waals surface area (Å²) >= 11 is 0. The van der Waals surface area contributed by atoms with Gasteiger partial charge >= 0.3 is 0 Å². The van der Waals surface area contributed by atoms with Crippen molar-refractivity contribution in [1.82, 2.24) is 10.3 Å². The Morgan fingerprint density at radius 3 is 2.86 bits per heavy atom. The zero-order valence-electron chi connectivity index (χ0n) is 10.8. The van der Waals surface area contributed by atoms with Gasteiger partial charge in [-0.05, 0) is 0 Å². The Morgan fingerprint density at radius 1 is 1.10 bits per heavy atom. The van der Waals surface area contributed by atoms with E-state index in [9.17, 15) is 4.79 Å². The summed E-state index contributed by atoms with van der Waals surface area (Å²) in [4.78, 5) is 21.7. The molecular weight excluding hydrogens is 268 g/mol. The SMILES string of the molecule is O=C1C2=NC3C(=CCc4nonc43)N=C2c2ccccc21. The third-order valence-corrected chi connectivity index (χ3v) is 3.99. The molecular formula is C15H8N4O2. The molecule has 1 aromatic carbocycles. The number of hydrogen-bond acceptors (Lipinski definition) is 6. The van der Waals surface area contributed by atoms with Gasteiger partial charge in [0.1, 0.15) is 28.9 Å². The quantitative estimate of drug-likeness (QED) is 0.733. The van der Waals surface area contributed by atoms with E-state index in [0.717, 1.165) is 17.0 Å². The van der Waals surface area contributed by atoms with Gasteiger partial charge in [-0.3, -0.25) is 9.79 Å². The Hall–Kier alpha value is -2.89. The van der Waals surface area contributed by atoms with E-state index < -0.39 is 0 Å². The van der Waals surface area contributed by atoms with E-state index >= 15 is 0 Å². The molecule has 2 heterocycles. The predicted octanol–water partition coefficient (Wildman–Crippen LogP) is 1.69. The summed E-state index contributed by atoms with van der Waals surface area (Å²) in [6.07, 6.45) is 2.60. The van der Waals surface area contributed by atoms with E-state index in [-0.39, 0.29) is 11.8 Å². The molecule has 0 fully saturated rings. The molecule has 2 aliphatic carbocycles. The average molecular weight is 276 g/mol. The smallest absolute Gasteiger partial charge is 0.213 e. The molecule has 2 aromatic rings. The van der Waals surface area contributed by atoms with Crippen LogP contribution in [0.1, 0.15) is 33.4 Å². The lowest BCUT2D eigenvalue weighted by Gasteiger charge is -2.20. The first-order valence-corrected chi connectivity index (χ1v) is 6.65. The number of nitrogens with zero attached hydrogens (tertiary/aromatic N) is 4. The lowest BCUT2D eigenvalue weighted by atomic mass is 9.98. The molecule has 1 aliphatic heterocycles. The minimum atomic E-state index is -0.378. The minimum absolute atomic E-state index is 0.0769. The molecule has 0 N–H and O–H groups in total. The first-order valence-electron chi connectivity index (χ1n) is 6.65. The molecule has 0 spiro atoms. The van der Waals surface area contributed by atoms with E-state index in [1.54, 1.807) is 0 Å². The monoisotopic (exact) mass is 276 g/mol. The minimum Gasteiger partial charge on any atom is -0.287 e. The molecule has 6 heteroatoms. The molecule has 0 bridgehead atoms. The first kappa shape index (κ1) is 10.8. The van der Waals surface area contributed by atoms with Crippen molar-refractivity contribution in [3.05, 3.63) is 58.6 Å². The maximum absolute atomic E-state index is 12.5. The number of rotatable bonds is 0. The lowest BCUT2D eigenvalue weighted by molar-refractivity contribution is 0.106. The van der Waals surface area contributed by atoms with Gasteiger partial charge in [-0.2, -0.15) is 0 Å². The second kappa shape index (κ2) is 3.60. The summed E-state index contributed by atoms with van der Waals surface area (Å²) in [6.45, 7) is 0. The summed E-state index contributed by atoms with van der Waals surface area (Å²) in [5.41, 5.74) is 4.81. The van der Waals surface area contributed by atoms with Crippen LogP contribution in [0.2, 0.25) is 0 Å². The summed E-state index contributed by atoms with van der Waals surface area (Å²) in [7, 11) is 0. The standard InChI is InChI=1S/C15H8N4O2/c20-15-8-4-2-1-3-7(8)11-14(15)17-12-9(16-11)5-6-10-13(12)19-21-18-10/h1-5,12H,6H2. The zero-order valence-corrected chi connectivity index (χ0v) is 10.8.